The maximum absolute atomic E-state index is 12.2. The largest absolute Gasteiger partial charge is 0.573 e. The Hall–Kier alpha value is -3.01. The maximum Gasteiger partial charge on any atom is 0.573 e. The van der Waals surface area contributed by atoms with Crippen molar-refractivity contribution in [1.82, 2.24) is 9.55 Å². The maximum atomic E-state index is 12.2. The van der Waals surface area contributed by atoms with Gasteiger partial charge in [0.1, 0.15) is 5.75 Å². The van der Waals surface area contributed by atoms with Crippen LogP contribution in [0.3, 0.4) is 0 Å². The second-order valence-electron chi connectivity index (χ2n) is 4.93. The number of alkyl halides is 3. The molecule has 4 nitrogen and oxygen atoms in total. The fourth-order valence-corrected chi connectivity index (χ4v) is 2.42. The van der Waals surface area contributed by atoms with Gasteiger partial charge < -0.3 is 9.30 Å². The molecular formula is C16H10F3N3O. The van der Waals surface area contributed by atoms with Gasteiger partial charge in [-0.05, 0) is 29.8 Å². The summed E-state index contributed by atoms with van der Waals surface area (Å²) >= 11 is 0. The van der Waals surface area contributed by atoms with Gasteiger partial charge in [-0.1, -0.05) is 12.1 Å². The standard InChI is InChI=1S/C16H10F3N3O/c1-22-9-21-14-7-10(8-20)6-13(15(14)22)11-2-4-12(5-3-11)23-16(17,18)19/h2-7,9H,1H3. The lowest BCUT2D eigenvalue weighted by molar-refractivity contribution is -0.274. The van der Waals surface area contributed by atoms with Gasteiger partial charge in [0.05, 0.1) is 29.0 Å². The van der Waals surface area contributed by atoms with Crippen molar-refractivity contribution < 1.29 is 17.9 Å². The zero-order valence-electron chi connectivity index (χ0n) is 11.9. The van der Waals surface area contributed by atoms with Gasteiger partial charge in [-0.15, -0.1) is 13.2 Å². The molecule has 0 N–H and O–H groups in total. The number of ether oxygens (including phenoxy) is 1. The van der Waals surface area contributed by atoms with Crippen molar-refractivity contribution in [3.8, 4) is 22.9 Å². The second-order valence-corrected chi connectivity index (χ2v) is 4.93. The number of rotatable bonds is 2. The molecule has 23 heavy (non-hydrogen) atoms. The van der Waals surface area contributed by atoms with Crippen LogP contribution >= 0.6 is 0 Å². The monoisotopic (exact) mass is 317 g/mol. The van der Waals surface area contributed by atoms with Crippen LogP contribution in [0.4, 0.5) is 13.2 Å². The third-order valence-corrected chi connectivity index (χ3v) is 3.34. The zero-order chi connectivity index (χ0) is 16.6. The van der Waals surface area contributed by atoms with E-state index in [9.17, 15) is 13.2 Å². The van der Waals surface area contributed by atoms with E-state index in [1.807, 2.05) is 7.05 Å². The molecule has 0 fully saturated rings. The quantitative estimate of drug-likeness (QED) is 0.717. The number of halogens is 3. The van der Waals surface area contributed by atoms with Gasteiger partial charge in [0.2, 0.25) is 0 Å². The zero-order valence-corrected chi connectivity index (χ0v) is 11.9. The number of aromatic nitrogens is 2. The number of nitrogens with zero attached hydrogens (tertiary/aromatic N) is 3. The Morgan fingerprint density at radius 2 is 1.87 bits per heavy atom. The summed E-state index contributed by atoms with van der Waals surface area (Å²) in [5.41, 5.74) is 3.27. The van der Waals surface area contributed by atoms with E-state index >= 15 is 0 Å². The van der Waals surface area contributed by atoms with Crippen LogP contribution in [0.1, 0.15) is 5.56 Å². The summed E-state index contributed by atoms with van der Waals surface area (Å²) in [4.78, 5) is 4.22. The summed E-state index contributed by atoms with van der Waals surface area (Å²) in [6.07, 6.45) is -3.10. The minimum Gasteiger partial charge on any atom is -0.406 e. The smallest absolute Gasteiger partial charge is 0.406 e. The second kappa shape index (κ2) is 5.32. The summed E-state index contributed by atoms with van der Waals surface area (Å²) in [5, 5.41) is 9.12. The molecule has 116 valence electrons. The van der Waals surface area contributed by atoms with E-state index in [0.717, 1.165) is 11.1 Å². The highest BCUT2D eigenvalue weighted by molar-refractivity contribution is 5.93. The molecule has 0 spiro atoms. The van der Waals surface area contributed by atoms with E-state index in [0.29, 0.717) is 16.6 Å². The van der Waals surface area contributed by atoms with Crippen LogP contribution in [0.2, 0.25) is 0 Å². The lowest BCUT2D eigenvalue weighted by atomic mass is 10.0. The average Bonchev–Trinajstić information content (AvgIpc) is 2.87. The Morgan fingerprint density at radius 3 is 2.48 bits per heavy atom. The number of imidazole rings is 1. The Bertz CT molecular complexity index is 905. The molecule has 0 amide bonds. The Balaban J connectivity index is 2.09. The molecule has 0 aliphatic heterocycles. The molecule has 0 bridgehead atoms. The molecule has 7 heteroatoms. The van der Waals surface area contributed by atoms with Crippen molar-refractivity contribution in [3.05, 3.63) is 48.3 Å². The fourth-order valence-electron chi connectivity index (χ4n) is 2.42. The minimum absolute atomic E-state index is 0.293. The van der Waals surface area contributed by atoms with Gasteiger partial charge in [-0.2, -0.15) is 5.26 Å². The summed E-state index contributed by atoms with van der Waals surface area (Å²) in [5.74, 6) is -0.293. The van der Waals surface area contributed by atoms with Crippen LogP contribution in [0.25, 0.3) is 22.2 Å². The molecule has 0 aliphatic rings. The highest BCUT2D eigenvalue weighted by Gasteiger charge is 2.31. The number of hydrogen-bond donors (Lipinski definition) is 0. The number of aryl methyl sites for hydroxylation is 1. The molecule has 3 rings (SSSR count). The molecule has 0 radical (unpaired) electrons. The molecule has 0 saturated heterocycles. The van der Waals surface area contributed by atoms with Crippen molar-refractivity contribution in [1.29, 1.82) is 5.26 Å². The first kappa shape index (κ1) is 14.9. The first-order valence-corrected chi connectivity index (χ1v) is 6.59. The molecule has 2 aromatic carbocycles. The number of benzene rings is 2. The molecule has 1 heterocycles. The molecule has 0 saturated carbocycles. The molecule has 0 unspecified atom stereocenters. The van der Waals surface area contributed by atoms with Gasteiger partial charge in [0.25, 0.3) is 0 Å². The summed E-state index contributed by atoms with van der Waals surface area (Å²) in [7, 11) is 1.81. The first-order chi connectivity index (χ1) is 10.9. The Morgan fingerprint density at radius 1 is 1.17 bits per heavy atom. The SMILES string of the molecule is Cn1cnc2cc(C#N)cc(-c3ccc(OC(F)(F)F)cc3)c21. The first-order valence-electron chi connectivity index (χ1n) is 6.59. The van der Waals surface area contributed by atoms with Crippen LogP contribution in [-0.4, -0.2) is 15.9 Å². The van der Waals surface area contributed by atoms with Crippen LogP contribution < -0.4 is 4.74 Å². The topological polar surface area (TPSA) is 50.8 Å². The summed E-state index contributed by atoms with van der Waals surface area (Å²) < 4.78 is 42.3. The van der Waals surface area contributed by atoms with E-state index < -0.39 is 6.36 Å². The van der Waals surface area contributed by atoms with Crippen molar-refractivity contribution in [2.24, 2.45) is 7.05 Å². The summed E-state index contributed by atoms with van der Waals surface area (Å²) in [6, 6.07) is 10.9. The van der Waals surface area contributed by atoms with E-state index in [4.69, 9.17) is 5.26 Å². The third kappa shape index (κ3) is 2.97. The van der Waals surface area contributed by atoms with E-state index in [1.165, 1.54) is 24.3 Å². The van der Waals surface area contributed by atoms with Gasteiger partial charge in [-0.3, -0.25) is 0 Å². The van der Waals surface area contributed by atoms with Crippen molar-refractivity contribution in [2.45, 2.75) is 6.36 Å². The van der Waals surface area contributed by atoms with Gasteiger partial charge >= 0.3 is 6.36 Å². The van der Waals surface area contributed by atoms with E-state index in [2.05, 4.69) is 15.8 Å². The van der Waals surface area contributed by atoms with Crippen LogP contribution in [-0.2, 0) is 7.05 Å². The lowest BCUT2D eigenvalue weighted by Crippen LogP contribution is -2.16. The Labute approximate surface area is 129 Å². The van der Waals surface area contributed by atoms with Gasteiger partial charge in [-0.25, -0.2) is 4.98 Å². The predicted molar refractivity (Wildman–Crippen MR) is 77.5 cm³/mol. The molecular weight excluding hydrogens is 307 g/mol. The fraction of sp³-hybridized carbons (Fsp3) is 0.125. The van der Waals surface area contributed by atoms with Gasteiger partial charge in [0, 0.05) is 12.6 Å². The molecule has 0 atom stereocenters. The van der Waals surface area contributed by atoms with Gasteiger partial charge in [0.15, 0.2) is 0 Å². The number of fused-ring (bicyclic) bond motifs is 1. The predicted octanol–water partition coefficient (Wildman–Crippen LogP) is 4.01. The number of hydrogen-bond acceptors (Lipinski definition) is 3. The average molecular weight is 317 g/mol. The lowest BCUT2D eigenvalue weighted by Gasteiger charge is -2.10. The van der Waals surface area contributed by atoms with Crippen LogP contribution in [0.15, 0.2) is 42.7 Å². The Kier molecular flexibility index (Phi) is 3.45. The highest BCUT2D eigenvalue weighted by Crippen LogP contribution is 2.31. The van der Waals surface area contributed by atoms with E-state index in [1.54, 1.807) is 23.0 Å². The molecule has 1 aromatic heterocycles. The molecule has 3 aromatic rings. The van der Waals surface area contributed by atoms with Crippen molar-refractivity contribution in [2.75, 3.05) is 0 Å². The number of nitriles is 1. The van der Waals surface area contributed by atoms with Crippen molar-refractivity contribution >= 4 is 11.0 Å². The van der Waals surface area contributed by atoms with Crippen molar-refractivity contribution in [3.63, 3.8) is 0 Å². The molecule has 0 aliphatic carbocycles. The van der Waals surface area contributed by atoms with E-state index in [-0.39, 0.29) is 5.75 Å². The summed E-state index contributed by atoms with van der Waals surface area (Å²) in [6.45, 7) is 0. The normalized spacial score (nSPS) is 11.4. The highest BCUT2D eigenvalue weighted by atomic mass is 19.4. The van der Waals surface area contributed by atoms with Crippen LogP contribution in [0.5, 0.6) is 5.75 Å². The van der Waals surface area contributed by atoms with Crippen LogP contribution in [0, 0.1) is 11.3 Å². The minimum atomic E-state index is -4.72. The third-order valence-electron chi connectivity index (χ3n) is 3.34.